The quantitative estimate of drug-likeness (QED) is 0.835. The Hall–Kier alpha value is -1.04. The molecule has 0 aliphatic carbocycles. The van der Waals surface area contributed by atoms with Crippen LogP contribution in [0.1, 0.15) is 32.3 Å². The van der Waals surface area contributed by atoms with Crippen LogP contribution in [0.25, 0.3) is 0 Å². The standard InChI is InChI=1S/C18H28F2N2O/c1-14(2)3-5-22-7-6-21(13-18(22)4-8-23)12-15-9-16(19)11-17(20)10-15/h9-11,14,18,23H,3-8,12-13H2,1-2H3/t18-/m1/s1. The fraction of sp³-hybridized carbons (Fsp3) is 0.667. The van der Waals surface area contributed by atoms with Gasteiger partial charge in [0.05, 0.1) is 0 Å². The Morgan fingerprint density at radius 3 is 2.48 bits per heavy atom. The van der Waals surface area contributed by atoms with Gasteiger partial charge in [-0.1, -0.05) is 13.8 Å². The van der Waals surface area contributed by atoms with E-state index in [1.165, 1.54) is 12.1 Å². The largest absolute Gasteiger partial charge is 0.396 e. The van der Waals surface area contributed by atoms with Crippen LogP contribution >= 0.6 is 0 Å². The van der Waals surface area contributed by atoms with E-state index in [4.69, 9.17) is 0 Å². The van der Waals surface area contributed by atoms with Gasteiger partial charge in [0.25, 0.3) is 0 Å². The molecule has 0 bridgehead atoms. The van der Waals surface area contributed by atoms with E-state index in [9.17, 15) is 13.9 Å². The lowest BCUT2D eigenvalue weighted by Gasteiger charge is -2.41. The molecule has 2 rings (SSSR count). The number of aliphatic hydroxyl groups excluding tert-OH is 1. The number of rotatable bonds is 7. The van der Waals surface area contributed by atoms with Crippen LogP contribution in [0, 0.1) is 17.6 Å². The molecule has 1 aromatic rings. The normalized spacial score (nSPS) is 20.3. The molecule has 0 spiro atoms. The van der Waals surface area contributed by atoms with Gasteiger partial charge in [0.2, 0.25) is 0 Å². The van der Waals surface area contributed by atoms with Crippen LogP contribution in [0.5, 0.6) is 0 Å². The SMILES string of the molecule is CC(C)CCN1CCN(Cc2cc(F)cc(F)c2)C[C@H]1CCO. The van der Waals surface area contributed by atoms with Gasteiger partial charge in [0, 0.05) is 44.9 Å². The summed E-state index contributed by atoms with van der Waals surface area (Å²) in [5.74, 6) is -0.386. The molecular weight excluding hydrogens is 298 g/mol. The van der Waals surface area contributed by atoms with Crippen molar-refractivity contribution in [2.75, 3.05) is 32.8 Å². The molecule has 1 N–H and O–H groups in total. The summed E-state index contributed by atoms with van der Waals surface area (Å²) in [5, 5.41) is 9.32. The van der Waals surface area contributed by atoms with Crippen LogP contribution in [-0.4, -0.2) is 53.7 Å². The first-order valence-corrected chi connectivity index (χ1v) is 8.50. The van der Waals surface area contributed by atoms with E-state index in [0.717, 1.165) is 45.1 Å². The molecule has 130 valence electrons. The molecule has 1 saturated heterocycles. The Morgan fingerprint density at radius 2 is 1.87 bits per heavy atom. The summed E-state index contributed by atoms with van der Waals surface area (Å²) in [6.07, 6.45) is 1.89. The van der Waals surface area contributed by atoms with Crippen LogP contribution < -0.4 is 0 Å². The molecule has 1 aliphatic heterocycles. The van der Waals surface area contributed by atoms with Crippen LogP contribution in [0.4, 0.5) is 8.78 Å². The van der Waals surface area contributed by atoms with Crippen molar-refractivity contribution in [2.24, 2.45) is 5.92 Å². The van der Waals surface area contributed by atoms with Gasteiger partial charge in [0.1, 0.15) is 11.6 Å². The molecule has 3 nitrogen and oxygen atoms in total. The summed E-state index contributed by atoms with van der Waals surface area (Å²) in [6.45, 7) is 8.86. The highest BCUT2D eigenvalue weighted by molar-refractivity contribution is 5.18. The Bertz CT molecular complexity index is 476. The molecule has 0 unspecified atom stereocenters. The summed E-state index contributed by atoms with van der Waals surface area (Å²) in [4.78, 5) is 4.67. The van der Waals surface area contributed by atoms with E-state index < -0.39 is 11.6 Å². The smallest absolute Gasteiger partial charge is 0.126 e. The minimum atomic E-state index is -0.525. The molecule has 0 amide bonds. The molecular formula is C18H28F2N2O. The zero-order valence-electron chi connectivity index (χ0n) is 14.1. The fourth-order valence-corrected chi connectivity index (χ4v) is 3.20. The average molecular weight is 326 g/mol. The van der Waals surface area contributed by atoms with Gasteiger partial charge in [0.15, 0.2) is 0 Å². The van der Waals surface area contributed by atoms with Crippen LogP contribution in [0.2, 0.25) is 0 Å². The highest BCUT2D eigenvalue weighted by Gasteiger charge is 2.26. The lowest BCUT2D eigenvalue weighted by atomic mass is 10.0. The van der Waals surface area contributed by atoms with Crippen molar-refractivity contribution in [1.29, 1.82) is 0 Å². The first-order valence-electron chi connectivity index (χ1n) is 8.50. The third kappa shape index (κ3) is 5.83. The molecule has 0 saturated carbocycles. The van der Waals surface area contributed by atoms with E-state index in [-0.39, 0.29) is 6.61 Å². The van der Waals surface area contributed by atoms with Crippen molar-refractivity contribution < 1.29 is 13.9 Å². The van der Waals surface area contributed by atoms with Crippen LogP contribution in [0.3, 0.4) is 0 Å². The second-order valence-electron chi connectivity index (χ2n) is 6.90. The van der Waals surface area contributed by atoms with Crippen molar-refractivity contribution in [3.63, 3.8) is 0 Å². The van der Waals surface area contributed by atoms with E-state index in [2.05, 4.69) is 23.6 Å². The molecule has 0 radical (unpaired) electrons. The second kappa shape index (κ2) is 8.71. The van der Waals surface area contributed by atoms with Gasteiger partial charge in [-0.05, 0) is 43.0 Å². The zero-order chi connectivity index (χ0) is 16.8. The van der Waals surface area contributed by atoms with Crippen molar-refractivity contribution in [1.82, 2.24) is 9.80 Å². The number of aliphatic hydroxyl groups is 1. The molecule has 1 aliphatic rings. The molecule has 1 fully saturated rings. The molecule has 23 heavy (non-hydrogen) atoms. The molecule has 1 aromatic carbocycles. The first kappa shape index (κ1) is 18.3. The molecule has 1 atom stereocenters. The van der Waals surface area contributed by atoms with E-state index >= 15 is 0 Å². The lowest BCUT2D eigenvalue weighted by Crippen LogP contribution is -2.53. The number of nitrogens with zero attached hydrogens (tertiary/aromatic N) is 2. The Labute approximate surface area is 137 Å². The predicted octanol–water partition coefficient (Wildman–Crippen LogP) is 2.88. The van der Waals surface area contributed by atoms with Crippen LogP contribution in [0.15, 0.2) is 18.2 Å². The van der Waals surface area contributed by atoms with Gasteiger partial charge >= 0.3 is 0 Å². The van der Waals surface area contributed by atoms with Crippen molar-refractivity contribution in [2.45, 2.75) is 39.3 Å². The maximum Gasteiger partial charge on any atom is 0.126 e. The van der Waals surface area contributed by atoms with Gasteiger partial charge < -0.3 is 5.11 Å². The topological polar surface area (TPSA) is 26.7 Å². The molecule has 5 heteroatoms. The summed E-state index contributed by atoms with van der Waals surface area (Å²) in [6, 6.07) is 4.01. The van der Waals surface area contributed by atoms with Gasteiger partial charge in [-0.2, -0.15) is 0 Å². The average Bonchev–Trinajstić information content (AvgIpc) is 2.45. The van der Waals surface area contributed by atoms with E-state index in [0.29, 0.717) is 24.1 Å². The lowest BCUT2D eigenvalue weighted by molar-refractivity contribution is 0.0523. The summed E-state index contributed by atoms with van der Waals surface area (Å²) in [5.41, 5.74) is 0.667. The van der Waals surface area contributed by atoms with Gasteiger partial charge in [-0.3, -0.25) is 9.80 Å². The monoisotopic (exact) mass is 326 g/mol. The number of hydrogen-bond donors (Lipinski definition) is 1. The zero-order valence-corrected chi connectivity index (χ0v) is 14.1. The maximum absolute atomic E-state index is 13.3. The van der Waals surface area contributed by atoms with Crippen molar-refractivity contribution in [3.8, 4) is 0 Å². The van der Waals surface area contributed by atoms with Gasteiger partial charge in [-0.15, -0.1) is 0 Å². The minimum absolute atomic E-state index is 0.172. The molecule has 1 heterocycles. The van der Waals surface area contributed by atoms with E-state index in [1.54, 1.807) is 0 Å². The Kier molecular flexibility index (Phi) is 6.93. The number of piperazine rings is 1. The fourth-order valence-electron chi connectivity index (χ4n) is 3.20. The van der Waals surface area contributed by atoms with Crippen molar-refractivity contribution in [3.05, 3.63) is 35.4 Å². The number of hydrogen-bond acceptors (Lipinski definition) is 3. The van der Waals surface area contributed by atoms with Gasteiger partial charge in [-0.25, -0.2) is 8.78 Å². The Balaban J connectivity index is 1.95. The number of halogens is 2. The second-order valence-corrected chi connectivity index (χ2v) is 6.90. The first-order chi connectivity index (χ1) is 11.0. The third-order valence-corrected chi connectivity index (χ3v) is 4.47. The minimum Gasteiger partial charge on any atom is -0.396 e. The third-order valence-electron chi connectivity index (χ3n) is 4.47. The van der Waals surface area contributed by atoms with Crippen LogP contribution in [-0.2, 0) is 6.54 Å². The summed E-state index contributed by atoms with van der Waals surface area (Å²) >= 11 is 0. The van der Waals surface area contributed by atoms with Crippen molar-refractivity contribution >= 4 is 0 Å². The van der Waals surface area contributed by atoms with E-state index in [1.807, 2.05) is 0 Å². The Morgan fingerprint density at radius 1 is 1.17 bits per heavy atom. The predicted molar refractivity (Wildman–Crippen MR) is 88.2 cm³/mol. The maximum atomic E-state index is 13.3. The number of benzene rings is 1. The highest BCUT2D eigenvalue weighted by Crippen LogP contribution is 2.18. The highest BCUT2D eigenvalue weighted by atomic mass is 19.1. The summed E-state index contributed by atoms with van der Waals surface area (Å²) < 4.78 is 26.6. The summed E-state index contributed by atoms with van der Waals surface area (Å²) in [7, 11) is 0. The molecule has 0 aromatic heterocycles.